The molecule has 2 aromatic rings. The first-order valence-corrected chi connectivity index (χ1v) is 7.43. The lowest BCUT2D eigenvalue weighted by Gasteiger charge is -2.35. The molecule has 0 aromatic heterocycles. The fourth-order valence-electron chi connectivity index (χ4n) is 3.06. The zero-order chi connectivity index (χ0) is 13.8. The quantitative estimate of drug-likeness (QED) is 0.854. The Morgan fingerprint density at radius 1 is 1.10 bits per heavy atom. The van der Waals surface area contributed by atoms with Crippen LogP contribution in [0.25, 0.3) is 10.8 Å². The van der Waals surface area contributed by atoms with Crippen LogP contribution in [0.5, 0.6) is 0 Å². The highest BCUT2D eigenvalue weighted by atomic mass is 15.2. The van der Waals surface area contributed by atoms with Gasteiger partial charge in [-0.15, -0.1) is 6.58 Å². The second kappa shape index (κ2) is 6.21. The van der Waals surface area contributed by atoms with Crippen molar-refractivity contribution in [1.82, 2.24) is 10.2 Å². The molecule has 2 nitrogen and oxygen atoms in total. The predicted molar refractivity (Wildman–Crippen MR) is 85.9 cm³/mol. The van der Waals surface area contributed by atoms with Crippen molar-refractivity contribution in [1.29, 1.82) is 0 Å². The third-order valence-corrected chi connectivity index (χ3v) is 4.14. The van der Waals surface area contributed by atoms with Crippen LogP contribution < -0.4 is 5.32 Å². The van der Waals surface area contributed by atoms with E-state index in [4.69, 9.17) is 0 Å². The van der Waals surface area contributed by atoms with Gasteiger partial charge in [0.05, 0.1) is 0 Å². The lowest BCUT2D eigenvalue weighted by molar-refractivity contribution is 0.174. The van der Waals surface area contributed by atoms with Crippen LogP contribution in [0.2, 0.25) is 0 Å². The molecule has 2 aromatic carbocycles. The van der Waals surface area contributed by atoms with E-state index in [1.807, 2.05) is 6.08 Å². The molecule has 3 rings (SSSR count). The predicted octanol–water partition coefficient (Wildman–Crippen LogP) is 3.36. The Hall–Kier alpha value is -1.64. The maximum Gasteiger partial charge on any atom is 0.0383 e. The maximum atomic E-state index is 3.94. The molecule has 0 radical (unpaired) electrons. The summed E-state index contributed by atoms with van der Waals surface area (Å²) in [7, 11) is 0. The maximum absolute atomic E-state index is 3.94. The van der Waals surface area contributed by atoms with E-state index < -0.39 is 0 Å². The van der Waals surface area contributed by atoms with Gasteiger partial charge in [-0.05, 0) is 28.8 Å². The molecule has 104 valence electrons. The molecule has 1 N–H and O–H groups in total. The molecule has 1 fully saturated rings. The van der Waals surface area contributed by atoms with Crippen LogP contribution in [-0.2, 0) is 0 Å². The lowest BCUT2D eigenvalue weighted by Crippen LogP contribution is -2.45. The SMILES string of the molecule is C=CC[C@H](c1ccc2ccccc2c1)N1CCNCC1. The average Bonchev–Trinajstić information content (AvgIpc) is 2.53. The van der Waals surface area contributed by atoms with Gasteiger partial charge in [0, 0.05) is 32.2 Å². The van der Waals surface area contributed by atoms with Gasteiger partial charge in [0.15, 0.2) is 0 Å². The molecule has 0 unspecified atom stereocenters. The molecular weight excluding hydrogens is 244 g/mol. The minimum absolute atomic E-state index is 0.458. The third-order valence-electron chi connectivity index (χ3n) is 4.14. The highest BCUT2D eigenvalue weighted by Gasteiger charge is 2.20. The van der Waals surface area contributed by atoms with Crippen LogP contribution in [-0.4, -0.2) is 31.1 Å². The van der Waals surface area contributed by atoms with Crippen molar-refractivity contribution in [2.45, 2.75) is 12.5 Å². The minimum Gasteiger partial charge on any atom is -0.314 e. The van der Waals surface area contributed by atoms with Crippen LogP contribution in [0.3, 0.4) is 0 Å². The van der Waals surface area contributed by atoms with E-state index in [2.05, 4.69) is 59.3 Å². The van der Waals surface area contributed by atoms with Crippen LogP contribution >= 0.6 is 0 Å². The van der Waals surface area contributed by atoms with E-state index in [-0.39, 0.29) is 0 Å². The number of hydrogen-bond acceptors (Lipinski definition) is 2. The number of rotatable bonds is 4. The van der Waals surface area contributed by atoms with Crippen LogP contribution in [0.15, 0.2) is 55.1 Å². The number of fused-ring (bicyclic) bond motifs is 1. The Kier molecular flexibility index (Phi) is 4.14. The van der Waals surface area contributed by atoms with Crippen molar-refractivity contribution in [3.05, 3.63) is 60.7 Å². The molecule has 0 bridgehead atoms. The van der Waals surface area contributed by atoms with Gasteiger partial charge in [-0.2, -0.15) is 0 Å². The molecule has 1 saturated heterocycles. The normalized spacial score (nSPS) is 18.0. The summed E-state index contributed by atoms with van der Waals surface area (Å²) >= 11 is 0. The number of nitrogens with zero attached hydrogens (tertiary/aromatic N) is 1. The summed E-state index contributed by atoms with van der Waals surface area (Å²) < 4.78 is 0. The highest BCUT2D eigenvalue weighted by molar-refractivity contribution is 5.83. The molecule has 0 saturated carbocycles. The number of piperazine rings is 1. The Bertz CT molecular complexity index is 585. The van der Waals surface area contributed by atoms with Crippen molar-refractivity contribution in [2.24, 2.45) is 0 Å². The fraction of sp³-hybridized carbons (Fsp3) is 0.333. The summed E-state index contributed by atoms with van der Waals surface area (Å²) in [6.07, 6.45) is 3.06. The van der Waals surface area contributed by atoms with Gasteiger partial charge in [0.1, 0.15) is 0 Å². The van der Waals surface area contributed by atoms with E-state index in [1.165, 1.54) is 16.3 Å². The van der Waals surface area contributed by atoms with Gasteiger partial charge >= 0.3 is 0 Å². The molecule has 1 heterocycles. The van der Waals surface area contributed by atoms with E-state index in [0.717, 1.165) is 32.6 Å². The molecule has 1 aliphatic rings. The van der Waals surface area contributed by atoms with Crippen LogP contribution in [0.1, 0.15) is 18.0 Å². The van der Waals surface area contributed by atoms with Crippen LogP contribution in [0.4, 0.5) is 0 Å². The van der Waals surface area contributed by atoms with Gasteiger partial charge < -0.3 is 5.32 Å². The summed E-state index contributed by atoms with van der Waals surface area (Å²) in [6, 6.07) is 15.9. The van der Waals surface area contributed by atoms with Crippen molar-refractivity contribution in [3.8, 4) is 0 Å². The smallest absolute Gasteiger partial charge is 0.0383 e. The molecule has 1 atom stereocenters. The Labute approximate surface area is 121 Å². The van der Waals surface area contributed by atoms with Gasteiger partial charge in [-0.3, -0.25) is 4.90 Å². The second-order valence-corrected chi connectivity index (χ2v) is 5.43. The second-order valence-electron chi connectivity index (χ2n) is 5.43. The number of hydrogen-bond donors (Lipinski definition) is 1. The first-order chi connectivity index (χ1) is 9.88. The van der Waals surface area contributed by atoms with Gasteiger partial charge in [0.2, 0.25) is 0 Å². The zero-order valence-electron chi connectivity index (χ0n) is 11.9. The molecule has 0 amide bonds. The van der Waals surface area contributed by atoms with E-state index in [0.29, 0.717) is 6.04 Å². The average molecular weight is 266 g/mol. The standard InChI is InChI=1S/C18H22N2/c1-2-5-18(20-12-10-19-11-13-20)17-9-8-15-6-3-4-7-16(15)14-17/h2-4,6-9,14,18-19H,1,5,10-13H2/t18-/m1/s1. The third kappa shape index (κ3) is 2.77. The summed E-state index contributed by atoms with van der Waals surface area (Å²) in [4.78, 5) is 2.57. The molecule has 1 aliphatic heterocycles. The number of benzene rings is 2. The molecule has 0 spiro atoms. The van der Waals surface area contributed by atoms with Crippen molar-refractivity contribution in [2.75, 3.05) is 26.2 Å². The Morgan fingerprint density at radius 2 is 1.85 bits per heavy atom. The van der Waals surface area contributed by atoms with E-state index in [9.17, 15) is 0 Å². The van der Waals surface area contributed by atoms with Gasteiger partial charge in [-0.1, -0.05) is 42.5 Å². The fourth-order valence-corrected chi connectivity index (χ4v) is 3.06. The first kappa shape index (κ1) is 13.3. The lowest BCUT2D eigenvalue weighted by atomic mass is 9.98. The highest BCUT2D eigenvalue weighted by Crippen LogP contribution is 2.28. The Balaban J connectivity index is 1.93. The molecule has 2 heteroatoms. The number of nitrogens with one attached hydrogen (secondary N) is 1. The largest absolute Gasteiger partial charge is 0.314 e. The van der Waals surface area contributed by atoms with Crippen molar-refractivity contribution in [3.63, 3.8) is 0 Å². The topological polar surface area (TPSA) is 15.3 Å². The van der Waals surface area contributed by atoms with E-state index in [1.54, 1.807) is 0 Å². The summed E-state index contributed by atoms with van der Waals surface area (Å²) in [5.74, 6) is 0. The minimum atomic E-state index is 0.458. The van der Waals surface area contributed by atoms with Gasteiger partial charge in [-0.25, -0.2) is 0 Å². The summed E-state index contributed by atoms with van der Waals surface area (Å²) in [6.45, 7) is 8.34. The monoisotopic (exact) mass is 266 g/mol. The molecule has 20 heavy (non-hydrogen) atoms. The first-order valence-electron chi connectivity index (χ1n) is 7.43. The van der Waals surface area contributed by atoms with Crippen molar-refractivity contribution >= 4 is 10.8 Å². The van der Waals surface area contributed by atoms with Gasteiger partial charge in [0.25, 0.3) is 0 Å². The Morgan fingerprint density at radius 3 is 2.60 bits per heavy atom. The van der Waals surface area contributed by atoms with Crippen molar-refractivity contribution < 1.29 is 0 Å². The summed E-state index contributed by atoms with van der Waals surface area (Å²) in [5.41, 5.74) is 1.41. The van der Waals surface area contributed by atoms with E-state index >= 15 is 0 Å². The van der Waals surface area contributed by atoms with Crippen LogP contribution in [0, 0.1) is 0 Å². The molecule has 0 aliphatic carbocycles. The molecular formula is C18H22N2. The zero-order valence-corrected chi connectivity index (χ0v) is 11.9. The summed E-state index contributed by atoms with van der Waals surface area (Å²) in [5, 5.41) is 6.07.